The average Bonchev–Trinajstić information content (AvgIpc) is 1.41. The molecule has 3 aromatic heterocycles. The molecule has 0 N–H and O–H groups in total. The van der Waals surface area contributed by atoms with Gasteiger partial charge in [0.15, 0.2) is 5.58 Å². The van der Waals surface area contributed by atoms with E-state index in [4.69, 9.17) is 13.3 Å². The molecule has 0 fully saturated rings. The molecule has 1 aliphatic carbocycles. The highest BCUT2D eigenvalue weighted by Crippen LogP contribution is 2.59. The molecular formula is C104H65N3O3. The quantitative estimate of drug-likeness (QED) is 0.127. The Balaban J connectivity index is 0.936. The highest BCUT2D eigenvalue weighted by molar-refractivity contribution is 6.39. The van der Waals surface area contributed by atoms with Crippen LogP contribution in [0.5, 0.6) is 0 Å². The summed E-state index contributed by atoms with van der Waals surface area (Å²) in [6.07, 6.45) is 13.6. The first-order valence-electron chi connectivity index (χ1n) is 37.9. The van der Waals surface area contributed by atoms with Gasteiger partial charge in [-0.25, -0.2) is 0 Å². The van der Waals surface area contributed by atoms with Crippen molar-refractivity contribution < 1.29 is 13.3 Å². The normalized spacial score (nSPS) is 14.1. The predicted octanol–water partition coefficient (Wildman–Crippen LogP) is 28.7. The van der Waals surface area contributed by atoms with E-state index in [1.54, 1.807) is 0 Å². The molecule has 1 unspecified atom stereocenters. The van der Waals surface area contributed by atoms with Gasteiger partial charge in [0.2, 0.25) is 0 Å². The first-order chi connectivity index (χ1) is 54.6. The average molecular weight is 1400 g/mol. The zero-order valence-corrected chi connectivity index (χ0v) is 59.6. The lowest BCUT2D eigenvalue weighted by molar-refractivity contribution is 0.669. The maximum atomic E-state index is 8.15. The summed E-state index contributed by atoms with van der Waals surface area (Å²) >= 11 is 0. The first-order valence-corrected chi connectivity index (χ1v) is 37.9. The summed E-state index contributed by atoms with van der Waals surface area (Å²) in [5, 5.41) is 14.5. The minimum atomic E-state index is -0.227. The Bertz CT molecular complexity index is 7370. The number of hydrogen-bond acceptors (Lipinski definition) is 6. The van der Waals surface area contributed by atoms with Gasteiger partial charge in [-0.15, -0.1) is 0 Å². The number of fused-ring (bicyclic) bond motifs is 20. The lowest BCUT2D eigenvalue weighted by Gasteiger charge is -2.41. The van der Waals surface area contributed by atoms with Gasteiger partial charge in [-0.1, -0.05) is 316 Å². The van der Waals surface area contributed by atoms with Crippen LogP contribution >= 0.6 is 0 Å². The van der Waals surface area contributed by atoms with E-state index < -0.39 is 0 Å². The van der Waals surface area contributed by atoms with E-state index >= 15 is 0 Å². The fourth-order valence-electron chi connectivity index (χ4n) is 18.5. The Morgan fingerprint density at radius 2 is 0.864 bits per heavy atom. The third-order valence-electron chi connectivity index (χ3n) is 23.2. The molecule has 0 spiro atoms. The van der Waals surface area contributed by atoms with Crippen molar-refractivity contribution in [3.8, 4) is 44.5 Å². The molecule has 1 atom stereocenters. The highest BCUT2D eigenvalue weighted by atomic mass is 16.3. The maximum Gasteiger partial charge on any atom is 0.159 e. The summed E-state index contributed by atoms with van der Waals surface area (Å²) in [6.45, 7) is 0.659. The molecule has 3 aliphatic rings. The van der Waals surface area contributed by atoms with Crippen molar-refractivity contribution in [1.82, 2.24) is 0 Å². The molecule has 20 aromatic rings. The number of anilines is 7. The summed E-state index contributed by atoms with van der Waals surface area (Å²) in [4.78, 5) is 7.60. The first kappa shape index (κ1) is 61.8. The Hall–Kier alpha value is -14.5. The second-order valence-corrected chi connectivity index (χ2v) is 29.1. The van der Waals surface area contributed by atoms with Crippen LogP contribution in [0.4, 0.5) is 39.8 Å². The molecule has 2 aliphatic heterocycles. The minimum Gasteiger partial charge on any atom is -0.456 e. The van der Waals surface area contributed by atoms with E-state index in [-0.39, 0.29) is 6.04 Å². The largest absolute Gasteiger partial charge is 0.456 e. The lowest BCUT2D eigenvalue weighted by Crippen LogP contribution is -2.36. The van der Waals surface area contributed by atoms with Crippen molar-refractivity contribution in [3.63, 3.8) is 0 Å². The molecule has 0 saturated carbocycles. The smallest absolute Gasteiger partial charge is 0.159 e. The fraction of sp³-hybridized carbons (Fsp3) is 0.0192. The number of nitrogens with zero attached hydrogens (tertiary/aromatic N) is 3. The van der Waals surface area contributed by atoms with E-state index in [2.05, 4.69) is 391 Å². The molecular weight excluding hydrogens is 1340 g/mol. The van der Waals surface area contributed by atoms with Gasteiger partial charge in [-0.05, 0) is 138 Å². The van der Waals surface area contributed by atoms with E-state index in [1.807, 2.05) is 0 Å². The van der Waals surface area contributed by atoms with Gasteiger partial charge in [0.25, 0.3) is 0 Å². The van der Waals surface area contributed by atoms with Crippen LogP contribution in [0.15, 0.2) is 389 Å². The third kappa shape index (κ3) is 9.36. The minimum absolute atomic E-state index is 0.227. The predicted molar refractivity (Wildman–Crippen MR) is 460 cm³/mol. The van der Waals surface area contributed by atoms with Crippen LogP contribution in [0.2, 0.25) is 0 Å². The summed E-state index contributed by atoms with van der Waals surface area (Å²) in [6, 6.07) is 124. The molecule has 0 saturated heterocycles. The highest BCUT2D eigenvalue weighted by Gasteiger charge is 2.37. The number of benzene rings is 17. The van der Waals surface area contributed by atoms with E-state index in [9.17, 15) is 0 Å². The topological polar surface area (TPSA) is 49.1 Å². The van der Waals surface area contributed by atoms with Gasteiger partial charge in [0.1, 0.15) is 27.9 Å². The second-order valence-electron chi connectivity index (χ2n) is 29.1. The van der Waals surface area contributed by atoms with Crippen LogP contribution in [-0.2, 0) is 0 Å². The van der Waals surface area contributed by atoms with Gasteiger partial charge in [-0.3, -0.25) is 0 Å². The monoisotopic (exact) mass is 1400 g/mol. The number of furan rings is 3. The van der Waals surface area contributed by atoms with Crippen LogP contribution in [-0.4, -0.2) is 12.6 Å². The zero-order valence-electron chi connectivity index (χ0n) is 59.6. The Morgan fingerprint density at radius 3 is 1.67 bits per heavy atom. The Labute approximate surface area is 633 Å². The summed E-state index contributed by atoms with van der Waals surface area (Å²) < 4.78 is 23.2. The van der Waals surface area contributed by atoms with E-state index in [0.717, 1.165) is 193 Å². The Morgan fingerprint density at radius 1 is 0.291 bits per heavy atom. The fourth-order valence-corrected chi connectivity index (χ4v) is 18.5. The molecule has 0 bridgehead atoms. The molecule has 17 aromatic carbocycles. The van der Waals surface area contributed by atoms with Crippen LogP contribution < -0.4 is 14.7 Å². The summed E-state index contributed by atoms with van der Waals surface area (Å²) in [7, 11) is 0. The maximum absolute atomic E-state index is 8.15. The van der Waals surface area contributed by atoms with Crippen LogP contribution in [0.1, 0.15) is 16.7 Å². The molecule has 110 heavy (non-hydrogen) atoms. The number of para-hydroxylation sites is 5. The zero-order chi connectivity index (χ0) is 72.1. The molecule has 23 rings (SSSR count). The van der Waals surface area contributed by atoms with Gasteiger partial charge in [-0.2, -0.15) is 0 Å². The molecule has 5 heterocycles. The number of rotatable bonds is 10. The third-order valence-corrected chi connectivity index (χ3v) is 23.2. The van der Waals surface area contributed by atoms with Crippen molar-refractivity contribution in [2.45, 2.75) is 6.04 Å². The Kier molecular flexibility index (Phi) is 13.8. The van der Waals surface area contributed by atoms with E-state index in [0.29, 0.717) is 6.54 Å². The molecule has 6 nitrogen and oxygen atoms in total. The molecule has 0 radical (unpaired) electrons. The second kappa shape index (κ2) is 24.6. The van der Waals surface area contributed by atoms with Crippen LogP contribution in [0.3, 0.4) is 0 Å². The van der Waals surface area contributed by atoms with Crippen molar-refractivity contribution >= 4 is 160 Å². The molecule has 0 amide bonds. The van der Waals surface area contributed by atoms with Gasteiger partial charge < -0.3 is 28.0 Å². The van der Waals surface area contributed by atoms with Gasteiger partial charge in [0.05, 0.1) is 45.3 Å². The van der Waals surface area contributed by atoms with Crippen molar-refractivity contribution in [3.05, 3.63) is 392 Å². The van der Waals surface area contributed by atoms with E-state index in [1.165, 1.54) is 27.7 Å². The molecule has 514 valence electrons. The van der Waals surface area contributed by atoms with Gasteiger partial charge in [0, 0.05) is 77.7 Å². The number of hydrogen-bond donors (Lipinski definition) is 0. The summed E-state index contributed by atoms with van der Waals surface area (Å²) in [5.41, 5.74) is 26.5. The van der Waals surface area contributed by atoms with Crippen LogP contribution in [0.25, 0.3) is 165 Å². The van der Waals surface area contributed by atoms with Crippen molar-refractivity contribution in [2.24, 2.45) is 0 Å². The standard InChI is InChI=1S/C104H65N3O3/c1-5-28-64(29-6-1)65-55-57-68(58-56-65)82-63-83-90(107(87-51-26-54-93-97(87)79-43-18-22-53-92(79)108-93)89-60-71-37-23-44-73(66-30-7-2-8-31-66)95(71)76-40-15-14-39-75(76)89)61-72-62-91(106-85-49-20-16-41-77(85)94(70-35-11-4-12-36-70)78-42-17-21-50-86(78)106)98-80-46-24-45-74(67-32-9-3-10-33-67)101(80)109-104(98)96(72)99(83)100-81-47-25-52-88(102(81)110-103(82)100)105-59-27-38-69-34-13-19-48-84(69)105/h1-58,60-63,85H,59H2. The molecule has 6 heteroatoms. The van der Waals surface area contributed by atoms with Crippen molar-refractivity contribution in [1.29, 1.82) is 0 Å². The lowest BCUT2D eigenvalue weighted by atomic mass is 9.82. The van der Waals surface area contributed by atoms with Crippen molar-refractivity contribution in [2.75, 3.05) is 21.2 Å². The summed E-state index contributed by atoms with van der Waals surface area (Å²) in [5.74, 6) is 0. The number of allylic oxidation sites excluding steroid dienone is 2. The van der Waals surface area contributed by atoms with Gasteiger partial charge >= 0.3 is 0 Å². The SMILES string of the molecule is C1=CC2=C(c3ccccc3)c3ccccc3N(c3cc4cc(N(c5cc6cccc(-c7ccccc7)c6c6ccccc56)c5cccc6oc7ccccc7c56)c5cc(-c6ccc(-c7ccccc7)cc6)c6oc7c(N8CC=Cc9ccccc98)cccc7c6c5c4c4oc5c(-c6ccccc6)cccc5c34)C2C=C1. The van der Waals surface area contributed by atoms with Crippen LogP contribution in [0, 0.1) is 0 Å².